The van der Waals surface area contributed by atoms with E-state index in [2.05, 4.69) is 29.8 Å². The molecular formula is C33H54N6O6. The summed E-state index contributed by atoms with van der Waals surface area (Å²) in [6.45, 7) is 16.9. The van der Waals surface area contributed by atoms with Crippen LogP contribution in [0.5, 0.6) is 0 Å². The van der Waals surface area contributed by atoms with Crippen molar-refractivity contribution < 1.29 is 28.8 Å². The normalized spacial score (nSPS) is 26.2. The Morgan fingerprint density at radius 1 is 0.822 bits per heavy atom. The zero-order chi connectivity index (χ0) is 33.6. The van der Waals surface area contributed by atoms with E-state index in [1.807, 2.05) is 41.5 Å². The number of primary amides is 1. The Kier molecular flexibility index (Phi) is 9.67. The van der Waals surface area contributed by atoms with Crippen LogP contribution in [0, 0.1) is 34.0 Å². The lowest BCUT2D eigenvalue weighted by molar-refractivity contribution is -0.145. The fourth-order valence-electron chi connectivity index (χ4n) is 7.42. The van der Waals surface area contributed by atoms with Crippen LogP contribution in [0.1, 0.15) is 93.9 Å². The number of hydrogen-bond donors (Lipinski definition) is 4. The molecule has 0 radical (unpaired) electrons. The summed E-state index contributed by atoms with van der Waals surface area (Å²) in [4.78, 5) is 82.9. The highest BCUT2D eigenvalue weighted by Gasteiger charge is 2.70. The third kappa shape index (κ3) is 7.30. The molecule has 0 aromatic carbocycles. The highest BCUT2D eigenvalue weighted by molar-refractivity contribution is 6.37. The summed E-state index contributed by atoms with van der Waals surface area (Å²) in [7, 11) is 0. The SMILES string of the molecule is CC(C)(C)[C@H](NC(=O)N[C@H](C(=O)N1C[C@H]2[C@@H]([C@H]1C(=O)NC(CC1CCC1)C(=O)C(N)=O)C2(C)C)C(C)(C)C)C(=O)N1CCCC1. The highest BCUT2D eigenvalue weighted by Crippen LogP contribution is 2.65. The van der Waals surface area contributed by atoms with E-state index in [1.165, 1.54) is 4.90 Å². The van der Waals surface area contributed by atoms with Crippen molar-refractivity contribution in [3.8, 4) is 0 Å². The molecule has 12 heteroatoms. The number of piperidine rings is 1. The Balaban J connectivity index is 1.53. The Hall–Kier alpha value is -3.18. The number of rotatable bonds is 10. The van der Waals surface area contributed by atoms with Gasteiger partial charge in [0.05, 0.1) is 6.04 Å². The van der Waals surface area contributed by atoms with Crippen LogP contribution >= 0.6 is 0 Å². The lowest BCUT2D eigenvalue weighted by Gasteiger charge is -2.39. The summed E-state index contributed by atoms with van der Waals surface area (Å²) in [5.74, 6) is -2.79. The summed E-state index contributed by atoms with van der Waals surface area (Å²) in [5.41, 5.74) is 3.84. The zero-order valence-electron chi connectivity index (χ0n) is 28.3. The molecule has 4 fully saturated rings. The van der Waals surface area contributed by atoms with Gasteiger partial charge in [0.1, 0.15) is 18.1 Å². The van der Waals surface area contributed by atoms with Gasteiger partial charge in [-0.05, 0) is 53.3 Å². The second-order valence-electron chi connectivity index (χ2n) is 16.5. The molecule has 2 aliphatic carbocycles. The van der Waals surface area contributed by atoms with Gasteiger partial charge in [0.25, 0.3) is 5.91 Å². The van der Waals surface area contributed by atoms with Crippen molar-refractivity contribution >= 4 is 35.4 Å². The van der Waals surface area contributed by atoms with Crippen LogP contribution in [-0.2, 0) is 24.0 Å². The molecule has 2 saturated carbocycles. The minimum atomic E-state index is -1.09. The maximum Gasteiger partial charge on any atom is 0.316 e. The van der Waals surface area contributed by atoms with Crippen molar-refractivity contribution in [2.24, 2.45) is 39.7 Å². The average Bonchev–Trinajstić information content (AvgIpc) is 3.36. The highest BCUT2D eigenvalue weighted by atomic mass is 16.2. The van der Waals surface area contributed by atoms with Gasteiger partial charge in [0, 0.05) is 19.6 Å². The van der Waals surface area contributed by atoms with Gasteiger partial charge in [0.15, 0.2) is 0 Å². The number of nitrogens with two attached hydrogens (primary N) is 1. The summed E-state index contributed by atoms with van der Waals surface area (Å²) in [6.07, 6.45) is 5.07. The number of likely N-dealkylation sites (tertiary alicyclic amines) is 2. The van der Waals surface area contributed by atoms with E-state index < -0.39 is 64.5 Å². The number of fused-ring (bicyclic) bond motifs is 1. The van der Waals surface area contributed by atoms with Gasteiger partial charge in [-0.15, -0.1) is 0 Å². The lowest BCUT2D eigenvalue weighted by Crippen LogP contribution is -2.63. The molecule has 252 valence electrons. The molecule has 5 N–H and O–H groups in total. The smallest absolute Gasteiger partial charge is 0.316 e. The molecule has 0 aromatic rings. The van der Waals surface area contributed by atoms with E-state index in [9.17, 15) is 28.8 Å². The number of Topliss-reactive ketones (excluding diaryl/α,β-unsaturated/α-hetero) is 1. The maximum atomic E-state index is 14.3. The number of carbonyl (C=O) groups excluding carboxylic acids is 6. The zero-order valence-corrected chi connectivity index (χ0v) is 28.3. The lowest BCUT2D eigenvalue weighted by atomic mass is 9.80. The van der Waals surface area contributed by atoms with Gasteiger partial charge in [-0.3, -0.25) is 24.0 Å². The van der Waals surface area contributed by atoms with E-state index in [1.54, 1.807) is 4.90 Å². The van der Waals surface area contributed by atoms with E-state index in [0.717, 1.165) is 32.1 Å². The first-order valence-electron chi connectivity index (χ1n) is 16.6. The second kappa shape index (κ2) is 12.5. The summed E-state index contributed by atoms with van der Waals surface area (Å²) < 4.78 is 0. The molecule has 0 bridgehead atoms. The van der Waals surface area contributed by atoms with Crippen molar-refractivity contribution in [1.82, 2.24) is 25.8 Å². The molecule has 0 aromatic heterocycles. The molecular weight excluding hydrogens is 576 g/mol. The Morgan fingerprint density at radius 2 is 1.36 bits per heavy atom. The molecule has 6 amide bonds. The van der Waals surface area contributed by atoms with Crippen molar-refractivity contribution in [2.45, 2.75) is 118 Å². The number of ketones is 1. The summed E-state index contributed by atoms with van der Waals surface area (Å²) in [5, 5.41) is 8.49. The van der Waals surface area contributed by atoms with Gasteiger partial charge < -0.3 is 31.5 Å². The molecule has 6 atom stereocenters. The minimum absolute atomic E-state index is 0.0759. The topological polar surface area (TPSA) is 171 Å². The van der Waals surface area contributed by atoms with Crippen molar-refractivity contribution in [3.05, 3.63) is 0 Å². The van der Waals surface area contributed by atoms with Gasteiger partial charge in [-0.25, -0.2) is 4.79 Å². The van der Waals surface area contributed by atoms with Gasteiger partial charge in [-0.1, -0.05) is 74.7 Å². The Bertz CT molecular complexity index is 1210. The molecule has 2 aliphatic heterocycles. The summed E-state index contributed by atoms with van der Waals surface area (Å²) in [6, 6.07) is -4.33. The predicted octanol–water partition coefficient (Wildman–Crippen LogP) is 1.95. The van der Waals surface area contributed by atoms with Crippen LogP contribution < -0.4 is 21.7 Å². The van der Waals surface area contributed by atoms with Crippen molar-refractivity contribution in [1.29, 1.82) is 0 Å². The van der Waals surface area contributed by atoms with Crippen molar-refractivity contribution in [3.63, 3.8) is 0 Å². The van der Waals surface area contributed by atoms with E-state index in [0.29, 0.717) is 26.1 Å². The van der Waals surface area contributed by atoms with Gasteiger partial charge in [-0.2, -0.15) is 0 Å². The number of amides is 6. The monoisotopic (exact) mass is 630 g/mol. The molecule has 1 unspecified atom stereocenters. The van der Waals surface area contributed by atoms with E-state index in [4.69, 9.17) is 5.73 Å². The van der Waals surface area contributed by atoms with Crippen molar-refractivity contribution in [2.75, 3.05) is 19.6 Å². The van der Waals surface area contributed by atoms with Crippen LogP contribution in [0.4, 0.5) is 4.79 Å². The molecule has 2 saturated heterocycles. The fraction of sp³-hybridized carbons (Fsp3) is 0.818. The second-order valence-corrected chi connectivity index (χ2v) is 16.5. The largest absolute Gasteiger partial charge is 0.363 e. The van der Waals surface area contributed by atoms with Crippen LogP contribution in [0.15, 0.2) is 0 Å². The van der Waals surface area contributed by atoms with E-state index >= 15 is 0 Å². The molecule has 4 aliphatic rings. The van der Waals surface area contributed by atoms with Crippen LogP contribution in [0.2, 0.25) is 0 Å². The standard InChI is InChI=1S/C33H54N6O6/c1-31(2,3)24(28(43)38-14-9-10-15-38)36-30(45)37-25(32(4,5)6)29(44)39-17-19-21(33(19,7)8)22(39)27(42)35-20(23(40)26(34)41)16-18-12-11-13-18/h18-22,24-25H,9-17H2,1-8H3,(H2,34,41)(H,35,42)(H2,36,37,45)/t19-,20?,21-,22-,24+,25+/m0/s1. The number of urea groups is 1. The Morgan fingerprint density at radius 3 is 1.82 bits per heavy atom. The number of carbonyl (C=O) groups is 6. The average molecular weight is 631 g/mol. The first-order chi connectivity index (χ1) is 20.7. The fourth-order valence-corrected chi connectivity index (χ4v) is 7.42. The Labute approximate surface area is 267 Å². The van der Waals surface area contributed by atoms with Crippen LogP contribution in [0.3, 0.4) is 0 Å². The first-order valence-corrected chi connectivity index (χ1v) is 16.6. The van der Waals surface area contributed by atoms with Crippen LogP contribution in [0.25, 0.3) is 0 Å². The first kappa shape index (κ1) is 34.7. The maximum absolute atomic E-state index is 14.3. The van der Waals surface area contributed by atoms with E-state index in [-0.39, 0.29) is 29.1 Å². The van der Waals surface area contributed by atoms with Gasteiger partial charge in [0.2, 0.25) is 23.5 Å². The van der Waals surface area contributed by atoms with Crippen LogP contribution in [-0.4, -0.2) is 89.0 Å². The number of nitrogens with one attached hydrogen (secondary N) is 3. The molecule has 0 spiro atoms. The summed E-state index contributed by atoms with van der Waals surface area (Å²) >= 11 is 0. The number of hydrogen-bond acceptors (Lipinski definition) is 6. The number of nitrogens with zero attached hydrogens (tertiary/aromatic N) is 2. The predicted molar refractivity (Wildman–Crippen MR) is 168 cm³/mol. The molecule has 4 rings (SSSR count). The quantitative estimate of drug-likeness (QED) is 0.269. The molecule has 45 heavy (non-hydrogen) atoms. The molecule has 12 nitrogen and oxygen atoms in total. The molecule has 2 heterocycles. The minimum Gasteiger partial charge on any atom is -0.363 e. The third-order valence-corrected chi connectivity index (χ3v) is 10.6. The van der Waals surface area contributed by atoms with Gasteiger partial charge >= 0.3 is 6.03 Å². The third-order valence-electron chi connectivity index (χ3n) is 10.6.